The lowest BCUT2D eigenvalue weighted by atomic mass is 10.1. The zero-order valence-corrected chi connectivity index (χ0v) is 17.8. The van der Waals surface area contributed by atoms with E-state index >= 15 is 0 Å². The number of para-hydroxylation sites is 1. The molecule has 0 aliphatic rings. The fourth-order valence-corrected chi connectivity index (χ4v) is 2.73. The molecule has 0 bridgehead atoms. The third-order valence-corrected chi connectivity index (χ3v) is 4.42. The van der Waals surface area contributed by atoms with Crippen molar-refractivity contribution in [1.82, 2.24) is 5.43 Å². The van der Waals surface area contributed by atoms with Crippen LogP contribution in [0.2, 0.25) is 0 Å². The maximum Gasteiger partial charge on any atom is 0.343 e. The number of anilines is 1. The van der Waals surface area contributed by atoms with Crippen LogP contribution in [0.4, 0.5) is 10.1 Å². The monoisotopic (exact) mass is 449 g/mol. The first-order valence-corrected chi connectivity index (χ1v) is 9.74. The number of hydrazone groups is 1. The van der Waals surface area contributed by atoms with Gasteiger partial charge in [0.15, 0.2) is 0 Å². The average Bonchev–Trinajstić information content (AvgIpc) is 2.84. The summed E-state index contributed by atoms with van der Waals surface area (Å²) in [5.41, 5.74) is 3.43. The van der Waals surface area contributed by atoms with Gasteiger partial charge >= 0.3 is 17.8 Å². The van der Waals surface area contributed by atoms with E-state index in [1.165, 1.54) is 19.2 Å². The van der Waals surface area contributed by atoms with Gasteiger partial charge in [-0.15, -0.1) is 0 Å². The van der Waals surface area contributed by atoms with E-state index in [9.17, 15) is 18.8 Å². The topological polar surface area (TPSA) is 106 Å². The van der Waals surface area contributed by atoms with Gasteiger partial charge in [-0.05, 0) is 61.5 Å². The first-order valence-electron chi connectivity index (χ1n) is 9.74. The number of hydrogen-bond acceptors (Lipinski definition) is 6. The van der Waals surface area contributed by atoms with E-state index in [1.54, 1.807) is 55.5 Å². The van der Waals surface area contributed by atoms with E-state index in [4.69, 9.17) is 9.47 Å². The van der Waals surface area contributed by atoms with Gasteiger partial charge < -0.3 is 14.8 Å². The van der Waals surface area contributed by atoms with Gasteiger partial charge in [0.05, 0.1) is 18.4 Å². The van der Waals surface area contributed by atoms with Gasteiger partial charge in [0, 0.05) is 11.3 Å². The minimum atomic E-state index is -1.02. The minimum Gasteiger partial charge on any atom is -0.497 e. The number of esters is 1. The van der Waals surface area contributed by atoms with Crippen LogP contribution in [0.15, 0.2) is 77.9 Å². The van der Waals surface area contributed by atoms with Crippen LogP contribution in [-0.4, -0.2) is 30.6 Å². The van der Waals surface area contributed by atoms with Crippen LogP contribution >= 0.6 is 0 Å². The van der Waals surface area contributed by atoms with Gasteiger partial charge in [0.25, 0.3) is 0 Å². The van der Waals surface area contributed by atoms with Crippen molar-refractivity contribution in [3.63, 3.8) is 0 Å². The van der Waals surface area contributed by atoms with Crippen LogP contribution < -0.4 is 20.2 Å². The lowest BCUT2D eigenvalue weighted by Gasteiger charge is -2.10. The molecule has 33 heavy (non-hydrogen) atoms. The standard InChI is InChI=1S/C24H20FN3O5/c1-15(27-28-23(30)22(29)26-18-12-10-17(25)11-13-18)20-8-3-4-9-21(20)33-24(31)16-6-5-7-19(14-16)32-2/h3-14H,1-2H3,(H,26,29)(H,28,30). The third kappa shape index (κ3) is 6.23. The number of benzene rings is 3. The average molecular weight is 449 g/mol. The fourth-order valence-electron chi connectivity index (χ4n) is 2.73. The van der Waals surface area contributed by atoms with Crippen molar-refractivity contribution < 1.29 is 28.2 Å². The molecule has 3 aromatic carbocycles. The number of methoxy groups -OCH3 is 1. The van der Waals surface area contributed by atoms with Crippen LogP contribution in [0.3, 0.4) is 0 Å². The molecule has 168 valence electrons. The number of carbonyl (C=O) groups is 3. The fraction of sp³-hybridized carbons (Fsp3) is 0.0833. The summed E-state index contributed by atoms with van der Waals surface area (Å²) in [7, 11) is 1.49. The summed E-state index contributed by atoms with van der Waals surface area (Å²) in [6.45, 7) is 1.58. The molecule has 8 nitrogen and oxygen atoms in total. The van der Waals surface area contributed by atoms with Gasteiger partial charge in [0.2, 0.25) is 0 Å². The number of nitrogens with zero attached hydrogens (tertiary/aromatic N) is 1. The Morgan fingerprint density at radius 1 is 0.909 bits per heavy atom. The lowest BCUT2D eigenvalue weighted by Crippen LogP contribution is -2.33. The van der Waals surface area contributed by atoms with Crippen LogP contribution in [-0.2, 0) is 9.59 Å². The zero-order valence-electron chi connectivity index (χ0n) is 17.8. The highest BCUT2D eigenvalue weighted by atomic mass is 19.1. The summed E-state index contributed by atoms with van der Waals surface area (Å²) in [6.07, 6.45) is 0. The number of hydrogen-bond donors (Lipinski definition) is 2. The van der Waals surface area contributed by atoms with Crippen LogP contribution in [0.25, 0.3) is 0 Å². The molecule has 0 spiro atoms. The molecule has 3 rings (SSSR count). The number of ether oxygens (including phenoxy) is 2. The van der Waals surface area contributed by atoms with Gasteiger partial charge in [-0.1, -0.05) is 18.2 Å². The SMILES string of the molecule is COc1cccc(C(=O)Oc2ccccc2C(C)=NNC(=O)C(=O)Nc2ccc(F)cc2)c1. The summed E-state index contributed by atoms with van der Waals surface area (Å²) in [5, 5.41) is 6.26. The van der Waals surface area contributed by atoms with Crippen molar-refractivity contribution in [2.24, 2.45) is 5.10 Å². The van der Waals surface area contributed by atoms with E-state index in [0.717, 1.165) is 12.1 Å². The number of carbonyl (C=O) groups excluding carboxylic acids is 3. The highest BCUT2D eigenvalue weighted by molar-refractivity contribution is 6.39. The van der Waals surface area contributed by atoms with Gasteiger partial charge in [-0.25, -0.2) is 14.6 Å². The van der Waals surface area contributed by atoms with Crippen molar-refractivity contribution in [2.75, 3.05) is 12.4 Å². The lowest BCUT2D eigenvalue weighted by molar-refractivity contribution is -0.136. The van der Waals surface area contributed by atoms with Crippen LogP contribution in [0.1, 0.15) is 22.8 Å². The summed E-state index contributed by atoms with van der Waals surface area (Å²) >= 11 is 0. The minimum absolute atomic E-state index is 0.219. The highest BCUT2D eigenvalue weighted by Crippen LogP contribution is 2.21. The number of amides is 2. The second-order valence-electron chi connectivity index (χ2n) is 6.72. The smallest absolute Gasteiger partial charge is 0.343 e. The second kappa shape index (κ2) is 10.7. The molecule has 0 radical (unpaired) electrons. The Labute approximate surface area is 189 Å². The second-order valence-corrected chi connectivity index (χ2v) is 6.72. The molecule has 0 aromatic heterocycles. The Hall–Kier alpha value is -4.53. The largest absolute Gasteiger partial charge is 0.497 e. The van der Waals surface area contributed by atoms with E-state index in [-0.39, 0.29) is 11.4 Å². The molecule has 2 amide bonds. The molecule has 0 saturated carbocycles. The van der Waals surface area contributed by atoms with Crippen LogP contribution in [0.5, 0.6) is 11.5 Å². The summed E-state index contributed by atoms with van der Waals surface area (Å²) in [5.74, 6) is -2.34. The Kier molecular flexibility index (Phi) is 7.48. The Bertz CT molecular complexity index is 1210. The first kappa shape index (κ1) is 23.1. The Morgan fingerprint density at radius 3 is 2.36 bits per heavy atom. The molecule has 0 saturated heterocycles. The van der Waals surface area contributed by atoms with E-state index in [0.29, 0.717) is 22.6 Å². The van der Waals surface area contributed by atoms with Gasteiger partial charge in [0.1, 0.15) is 17.3 Å². The van der Waals surface area contributed by atoms with Crippen molar-refractivity contribution in [2.45, 2.75) is 6.92 Å². The van der Waals surface area contributed by atoms with Crippen molar-refractivity contribution in [3.8, 4) is 11.5 Å². The predicted molar refractivity (Wildman–Crippen MR) is 120 cm³/mol. The molecule has 0 atom stereocenters. The molecule has 9 heteroatoms. The Morgan fingerprint density at radius 2 is 1.64 bits per heavy atom. The molecular formula is C24H20FN3O5. The normalized spacial score (nSPS) is 10.8. The molecular weight excluding hydrogens is 429 g/mol. The van der Waals surface area contributed by atoms with Crippen LogP contribution in [0, 0.1) is 5.82 Å². The van der Waals surface area contributed by atoms with E-state index in [1.807, 2.05) is 0 Å². The molecule has 0 fully saturated rings. The first-order chi connectivity index (χ1) is 15.9. The van der Waals surface area contributed by atoms with Crippen molar-refractivity contribution in [3.05, 3.63) is 89.7 Å². The predicted octanol–water partition coefficient (Wildman–Crippen LogP) is 3.53. The number of nitrogens with one attached hydrogen (secondary N) is 2. The van der Waals surface area contributed by atoms with Crippen molar-refractivity contribution in [1.29, 1.82) is 0 Å². The molecule has 0 unspecified atom stereocenters. The van der Waals surface area contributed by atoms with E-state index in [2.05, 4.69) is 15.8 Å². The molecule has 0 aliphatic carbocycles. The number of rotatable bonds is 6. The summed E-state index contributed by atoms with van der Waals surface area (Å²) in [4.78, 5) is 36.6. The van der Waals surface area contributed by atoms with Gasteiger partial charge in [-0.3, -0.25) is 9.59 Å². The third-order valence-electron chi connectivity index (χ3n) is 4.42. The van der Waals surface area contributed by atoms with E-state index < -0.39 is 23.6 Å². The molecule has 3 aromatic rings. The Balaban J connectivity index is 1.68. The zero-order chi connectivity index (χ0) is 23.8. The van der Waals surface area contributed by atoms with Gasteiger partial charge in [-0.2, -0.15) is 5.10 Å². The number of halogens is 1. The molecule has 2 N–H and O–H groups in total. The highest BCUT2D eigenvalue weighted by Gasteiger charge is 2.16. The molecule has 0 aliphatic heterocycles. The summed E-state index contributed by atoms with van der Waals surface area (Å²) < 4.78 is 23.6. The quantitative estimate of drug-likeness (QED) is 0.197. The maximum atomic E-state index is 12.9. The summed E-state index contributed by atoms with van der Waals surface area (Å²) in [6, 6.07) is 18.1. The maximum absolute atomic E-state index is 12.9. The molecule has 0 heterocycles. The van der Waals surface area contributed by atoms with Crippen molar-refractivity contribution >= 4 is 29.2 Å².